The number of aryl methyl sites for hydroxylation is 1. The smallest absolute Gasteiger partial charge is 0.0399 e. The van der Waals surface area contributed by atoms with Crippen molar-refractivity contribution in [1.29, 1.82) is 0 Å². The van der Waals surface area contributed by atoms with Gasteiger partial charge in [-0.05, 0) is 37.0 Å². The summed E-state index contributed by atoms with van der Waals surface area (Å²) in [5.41, 5.74) is 9.72. The summed E-state index contributed by atoms with van der Waals surface area (Å²) in [6, 6.07) is 6.60. The van der Waals surface area contributed by atoms with Gasteiger partial charge in [-0.15, -0.1) is 0 Å². The van der Waals surface area contributed by atoms with Crippen molar-refractivity contribution in [2.75, 3.05) is 18.0 Å². The summed E-state index contributed by atoms with van der Waals surface area (Å²) in [7, 11) is 0. The standard InChI is InChI=1S/C14H22N2/c1-12-6-7-13(11-15)10-14(12)16-8-4-2-3-5-9-16/h6-7,10H,2-5,8-9,11,15H2,1H3. The number of hydrogen-bond acceptors (Lipinski definition) is 2. The van der Waals surface area contributed by atoms with Gasteiger partial charge >= 0.3 is 0 Å². The van der Waals surface area contributed by atoms with E-state index in [4.69, 9.17) is 5.73 Å². The van der Waals surface area contributed by atoms with Crippen LogP contribution in [0.1, 0.15) is 36.8 Å². The van der Waals surface area contributed by atoms with Gasteiger partial charge in [-0.3, -0.25) is 0 Å². The Morgan fingerprint density at radius 2 is 1.81 bits per heavy atom. The second-order valence-electron chi connectivity index (χ2n) is 4.73. The van der Waals surface area contributed by atoms with Crippen molar-refractivity contribution >= 4 is 5.69 Å². The number of rotatable bonds is 2. The molecule has 0 aromatic heterocycles. The average molecular weight is 218 g/mol. The second-order valence-corrected chi connectivity index (χ2v) is 4.73. The maximum absolute atomic E-state index is 5.71. The number of benzene rings is 1. The number of hydrogen-bond donors (Lipinski definition) is 1. The van der Waals surface area contributed by atoms with E-state index in [0.717, 1.165) is 0 Å². The van der Waals surface area contributed by atoms with Gasteiger partial charge in [0.2, 0.25) is 0 Å². The Hall–Kier alpha value is -1.02. The highest BCUT2D eigenvalue weighted by Gasteiger charge is 2.12. The SMILES string of the molecule is Cc1ccc(CN)cc1N1CCCCCC1. The lowest BCUT2D eigenvalue weighted by atomic mass is 10.1. The van der Waals surface area contributed by atoms with Gasteiger partial charge in [-0.2, -0.15) is 0 Å². The second kappa shape index (κ2) is 5.35. The average Bonchev–Trinajstić information content (AvgIpc) is 2.58. The van der Waals surface area contributed by atoms with Crippen molar-refractivity contribution in [2.24, 2.45) is 5.73 Å². The zero-order valence-corrected chi connectivity index (χ0v) is 10.2. The summed E-state index contributed by atoms with van der Waals surface area (Å²) in [5.74, 6) is 0. The first-order chi connectivity index (χ1) is 7.81. The maximum Gasteiger partial charge on any atom is 0.0399 e. The highest BCUT2D eigenvalue weighted by molar-refractivity contribution is 5.55. The van der Waals surface area contributed by atoms with Gasteiger partial charge in [0.1, 0.15) is 0 Å². The summed E-state index contributed by atoms with van der Waals surface area (Å²) >= 11 is 0. The van der Waals surface area contributed by atoms with Crippen molar-refractivity contribution < 1.29 is 0 Å². The Bertz CT molecular complexity index is 339. The van der Waals surface area contributed by atoms with Crippen LogP contribution < -0.4 is 10.6 Å². The van der Waals surface area contributed by atoms with E-state index in [1.165, 1.54) is 55.6 Å². The summed E-state index contributed by atoms with van der Waals surface area (Å²) in [6.45, 7) is 5.24. The molecule has 0 aliphatic carbocycles. The van der Waals surface area contributed by atoms with E-state index in [1.54, 1.807) is 0 Å². The highest BCUT2D eigenvalue weighted by atomic mass is 15.1. The lowest BCUT2D eigenvalue weighted by Crippen LogP contribution is -2.24. The maximum atomic E-state index is 5.71. The van der Waals surface area contributed by atoms with Crippen LogP contribution in [0, 0.1) is 6.92 Å². The van der Waals surface area contributed by atoms with Crippen molar-refractivity contribution in [1.82, 2.24) is 0 Å². The van der Waals surface area contributed by atoms with Crippen LogP contribution in [0.2, 0.25) is 0 Å². The molecule has 1 aromatic rings. The molecule has 0 amide bonds. The molecule has 1 aliphatic heterocycles. The molecule has 0 spiro atoms. The molecule has 2 rings (SSSR count). The molecule has 0 saturated carbocycles. The Morgan fingerprint density at radius 1 is 1.12 bits per heavy atom. The lowest BCUT2D eigenvalue weighted by Gasteiger charge is -2.25. The van der Waals surface area contributed by atoms with E-state index in [9.17, 15) is 0 Å². The minimum atomic E-state index is 0.640. The molecule has 1 fully saturated rings. The van der Waals surface area contributed by atoms with E-state index in [2.05, 4.69) is 30.0 Å². The van der Waals surface area contributed by atoms with E-state index >= 15 is 0 Å². The van der Waals surface area contributed by atoms with Crippen molar-refractivity contribution in [2.45, 2.75) is 39.2 Å². The fourth-order valence-corrected chi connectivity index (χ4v) is 2.43. The Morgan fingerprint density at radius 3 is 2.44 bits per heavy atom. The van der Waals surface area contributed by atoms with Crippen LogP contribution in [-0.2, 0) is 6.54 Å². The molecule has 1 heterocycles. The van der Waals surface area contributed by atoms with Crippen LogP contribution in [-0.4, -0.2) is 13.1 Å². The van der Waals surface area contributed by atoms with Gasteiger partial charge < -0.3 is 10.6 Å². The molecule has 1 saturated heterocycles. The van der Waals surface area contributed by atoms with Gasteiger partial charge in [0, 0.05) is 25.3 Å². The van der Waals surface area contributed by atoms with Crippen LogP contribution in [0.5, 0.6) is 0 Å². The first kappa shape index (κ1) is 11.5. The summed E-state index contributed by atoms with van der Waals surface area (Å²) < 4.78 is 0. The quantitative estimate of drug-likeness (QED) is 0.827. The van der Waals surface area contributed by atoms with Crippen LogP contribution in [0.25, 0.3) is 0 Å². The molecular weight excluding hydrogens is 196 g/mol. The summed E-state index contributed by atoms with van der Waals surface area (Å²) in [5, 5.41) is 0. The number of anilines is 1. The topological polar surface area (TPSA) is 29.3 Å². The zero-order chi connectivity index (χ0) is 11.4. The minimum absolute atomic E-state index is 0.640. The van der Waals surface area contributed by atoms with E-state index < -0.39 is 0 Å². The highest BCUT2D eigenvalue weighted by Crippen LogP contribution is 2.24. The zero-order valence-electron chi connectivity index (χ0n) is 10.2. The van der Waals surface area contributed by atoms with E-state index in [0.29, 0.717) is 6.54 Å². The van der Waals surface area contributed by atoms with Gasteiger partial charge in [-0.25, -0.2) is 0 Å². The normalized spacial score (nSPS) is 17.2. The van der Waals surface area contributed by atoms with Crippen molar-refractivity contribution in [3.63, 3.8) is 0 Å². The van der Waals surface area contributed by atoms with Crippen LogP contribution in [0.3, 0.4) is 0 Å². The third kappa shape index (κ3) is 2.56. The molecule has 0 unspecified atom stereocenters. The third-order valence-electron chi connectivity index (χ3n) is 3.46. The third-order valence-corrected chi connectivity index (χ3v) is 3.46. The molecule has 2 N–H and O–H groups in total. The largest absolute Gasteiger partial charge is 0.371 e. The molecule has 0 bridgehead atoms. The van der Waals surface area contributed by atoms with Gasteiger partial charge in [-0.1, -0.05) is 25.0 Å². The van der Waals surface area contributed by atoms with Crippen LogP contribution in [0.15, 0.2) is 18.2 Å². The van der Waals surface area contributed by atoms with Crippen molar-refractivity contribution in [3.05, 3.63) is 29.3 Å². The van der Waals surface area contributed by atoms with E-state index in [-0.39, 0.29) is 0 Å². The molecule has 2 heteroatoms. The Kier molecular flexibility index (Phi) is 3.83. The molecule has 2 nitrogen and oxygen atoms in total. The van der Waals surface area contributed by atoms with Crippen LogP contribution >= 0.6 is 0 Å². The fraction of sp³-hybridized carbons (Fsp3) is 0.571. The number of nitrogens with two attached hydrogens (primary N) is 1. The molecule has 0 radical (unpaired) electrons. The minimum Gasteiger partial charge on any atom is -0.371 e. The Balaban J connectivity index is 2.22. The van der Waals surface area contributed by atoms with Gasteiger partial charge in [0.05, 0.1) is 0 Å². The van der Waals surface area contributed by atoms with Crippen LogP contribution in [0.4, 0.5) is 5.69 Å². The first-order valence-electron chi connectivity index (χ1n) is 6.36. The molecule has 88 valence electrons. The summed E-state index contributed by atoms with van der Waals surface area (Å²) in [6.07, 6.45) is 5.41. The molecule has 1 aliphatic rings. The van der Waals surface area contributed by atoms with Gasteiger partial charge in [0.25, 0.3) is 0 Å². The monoisotopic (exact) mass is 218 g/mol. The fourth-order valence-electron chi connectivity index (χ4n) is 2.43. The van der Waals surface area contributed by atoms with E-state index in [1.807, 2.05) is 0 Å². The number of nitrogens with zero attached hydrogens (tertiary/aromatic N) is 1. The van der Waals surface area contributed by atoms with Gasteiger partial charge in [0.15, 0.2) is 0 Å². The summed E-state index contributed by atoms with van der Waals surface area (Å²) in [4.78, 5) is 2.53. The molecule has 16 heavy (non-hydrogen) atoms. The molecular formula is C14H22N2. The first-order valence-corrected chi connectivity index (χ1v) is 6.36. The molecule has 1 aromatic carbocycles. The lowest BCUT2D eigenvalue weighted by molar-refractivity contribution is 0.726. The predicted octanol–water partition coefficient (Wildman–Crippen LogP) is 2.83. The van der Waals surface area contributed by atoms with Crippen molar-refractivity contribution in [3.8, 4) is 0 Å². The predicted molar refractivity (Wildman–Crippen MR) is 69.8 cm³/mol. The Labute approximate surface area is 98.4 Å². The molecule has 0 atom stereocenters.